The zero-order chi connectivity index (χ0) is 17.0. The number of rotatable bonds is 4. The summed E-state index contributed by atoms with van der Waals surface area (Å²) < 4.78 is 5.01. The molecule has 0 aliphatic carbocycles. The highest BCUT2D eigenvalue weighted by Crippen LogP contribution is 2.31. The lowest BCUT2D eigenvalue weighted by molar-refractivity contribution is -0.384. The van der Waals surface area contributed by atoms with Gasteiger partial charge in [0.1, 0.15) is 11.4 Å². The number of ether oxygens (including phenoxy) is 1. The Labute approximate surface area is 135 Å². The molecule has 0 amide bonds. The van der Waals surface area contributed by atoms with Gasteiger partial charge in [0.2, 0.25) is 0 Å². The Morgan fingerprint density at radius 1 is 1.13 bits per heavy atom. The standard InChI is InChI=1S/C18H20N2O3/c1-18(2,3)14-7-5-13(6-8-14)12-19-16-10-9-15(23-4)11-17(16)20(21)22/h5-12H,1-4H3. The largest absolute Gasteiger partial charge is 0.496 e. The van der Waals surface area contributed by atoms with Crippen molar-refractivity contribution in [1.29, 1.82) is 0 Å². The van der Waals surface area contributed by atoms with Crippen molar-refractivity contribution < 1.29 is 9.66 Å². The van der Waals surface area contributed by atoms with Crippen LogP contribution in [0.5, 0.6) is 5.75 Å². The van der Waals surface area contributed by atoms with Crippen molar-refractivity contribution in [3.8, 4) is 5.75 Å². The van der Waals surface area contributed by atoms with Crippen molar-refractivity contribution in [2.24, 2.45) is 4.99 Å². The summed E-state index contributed by atoms with van der Waals surface area (Å²) in [7, 11) is 1.47. The molecule has 0 unspecified atom stereocenters. The number of nitrogens with zero attached hydrogens (tertiary/aromatic N) is 2. The van der Waals surface area contributed by atoms with E-state index in [4.69, 9.17) is 4.74 Å². The van der Waals surface area contributed by atoms with Gasteiger partial charge in [-0.15, -0.1) is 0 Å². The third-order valence-electron chi connectivity index (χ3n) is 3.51. The fourth-order valence-electron chi connectivity index (χ4n) is 2.10. The van der Waals surface area contributed by atoms with Crippen molar-refractivity contribution in [1.82, 2.24) is 0 Å². The lowest BCUT2D eigenvalue weighted by Gasteiger charge is -2.18. The number of nitro groups is 1. The van der Waals surface area contributed by atoms with Crippen LogP contribution in [0.2, 0.25) is 0 Å². The monoisotopic (exact) mass is 312 g/mol. The minimum absolute atomic E-state index is 0.0769. The second-order valence-corrected chi connectivity index (χ2v) is 6.24. The van der Waals surface area contributed by atoms with Crippen LogP contribution in [0.25, 0.3) is 0 Å². The van der Waals surface area contributed by atoms with Gasteiger partial charge in [0.15, 0.2) is 0 Å². The molecule has 0 fully saturated rings. The van der Waals surface area contributed by atoms with Crippen LogP contribution in [0, 0.1) is 10.1 Å². The molecule has 0 radical (unpaired) electrons. The van der Waals surface area contributed by atoms with Crippen molar-refractivity contribution in [2.45, 2.75) is 26.2 Å². The molecule has 0 N–H and O–H groups in total. The summed E-state index contributed by atoms with van der Waals surface area (Å²) in [5, 5.41) is 11.1. The Bertz CT molecular complexity index is 729. The first-order valence-electron chi connectivity index (χ1n) is 7.28. The molecular weight excluding hydrogens is 292 g/mol. The van der Waals surface area contributed by atoms with Crippen molar-refractivity contribution in [3.05, 3.63) is 63.7 Å². The molecule has 0 saturated heterocycles. The fourth-order valence-corrected chi connectivity index (χ4v) is 2.10. The normalized spacial score (nSPS) is 11.7. The topological polar surface area (TPSA) is 64.7 Å². The molecule has 2 aromatic rings. The SMILES string of the molecule is COc1ccc(N=Cc2ccc(C(C)(C)C)cc2)c([N+](=O)[O-])c1. The first-order chi connectivity index (χ1) is 10.8. The Hall–Kier alpha value is -2.69. The van der Waals surface area contributed by atoms with E-state index in [1.807, 2.05) is 24.3 Å². The van der Waals surface area contributed by atoms with Gasteiger partial charge in [-0.05, 0) is 28.7 Å². The molecule has 2 aromatic carbocycles. The van der Waals surface area contributed by atoms with E-state index in [2.05, 4.69) is 25.8 Å². The van der Waals surface area contributed by atoms with Crippen LogP contribution in [0.4, 0.5) is 11.4 Å². The third-order valence-corrected chi connectivity index (χ3v) is 3.51. The Balaban J connectivity index is 2.28. The molecule has 5 heteroatoms. The van der Waals surface area contributed by atoms with Gasteiger partial charge in [0.25, 0.3) is 5.69 Å². The fraction of sp³-hybridized carbons (Fsp3) is 0.278. The van der Waals surface area contributed by atoms with E-state index >= 15 is 0 Å². The minimum Gasteiger partial charge on any atom is -0.496 e. The van der Waals surface area contributed by atoms with E-state index in [-0.39, 0.29) is 11.1 Å². The third kappa shape index (κ3) is 4.16. The second-order valence-electron chi connectivity index (χ2n) is 6.24. The van der Waals surface area contributed by atoms with E-state index in [0.29, 0.717) is 11.4 Å². The first-order valence-corrected chi connectivity index (χ1v) is 7.28. The smallest absolute Gasteiger partial charge is 0.298 e. The summed E-state index contributed by atoms with van der Waals surface area (Å²) in [5.74, 6) is 0.435. The number of hydrogen-bond acceptors (Lipinski definition) is 4. The van der Waals surface area contributed by atoms with Crippen LogP contribution in [-0.2, 0) is 5.41 Å². The van der Waals surface area contributed by atoms with Gasteiger partial charge in [0, 0.05) is 6.21 Å². The van der Waals surface area contributed by atoms with Crippen LogP contribution in [0.3, 0.4) is 0 Å². The van der Waals surface area contributed by atoms with Gasteiger partial charge in [-0.25, -0.2) is 4.99 Å². The minimum atomic E-state index is -0.460. The summed E-state index contributed by atoms with van der Waals surface area (Å²) in [6.07, 6.45) is 1.63. The molecule has 2 rings (SSSR count). The molecule has 0 bridgehead atoms. The number of aliphatic imine (C=N–C) groups is 1. The Morgan fingerprint density at radius 2 is 1.78 bits per heavy atom. The molecule has 0 saturated carbocycles. The van der Waals surface area contributed by atoms with Gasteiger partial charge in [0.05, 0.1) is 18.1 Å². The van der Waals surface area contributed by atoms with Gasteiger partial charge in [-0.3, -0.25) is 10.1 Å². The van der Waals surface area contributed by atoms with Crippen molar-refractivity contribution in [3.63, 3.8) is 0 Å². The number of hydrogen-bond donors (Lipinski definition) is 0. The predicted octanol–water partition coefficient (Wildman–Crippen LogP) is 4.65. The lowest BCUT2D eigenvalue weighted by atomic mass is 9.87. The molecule has 23 heavy (non-hydrogen) atoms. The maximum Gasteiger partial charge on any atom is 0.298 e. The number of nitro benzene ring substituents is 1. The number of benzene rings is 2. The Morgan fingerprint density at radius 3 is 2.30 bits per heavy atom. The first kappa shape index (κ1) is 16.7. The van der Waals surface area contributed by atoms with Gasteiger partial charge in [-0.1, -0.05) is 45.0 Å². The average molecular weight is 312 g/mol. The maximum absolute atomic E-state index is 11.1. The quantitative estimate of drug-likeness (QED) is 0.469. The molecule has 0 aromatic heterocycles. The average Bonchev–Trinajstić information content (AvgIpc) is 2.52. The van der Waals surface area contributed by atoms with Crippen molar-refractivity contribution >= 4 is 17.6 Å². The second kappa shape index (κ2) is 6.60. The summed E-state index contributed by atoms with van der Waals surface area (Å²) >= 11 is 0. The zero-order valence-electron chi connectivity index (χ0n) is 13.7. The maximum atomic E-state index is 11.1. The summed E-state index contributed by atoms with van der Waals surface area (Å²) in [4.78, 5) is 14.9. The highest BCUT2D eigenvalue weighted by Gasteiger charge is 2.14. The molecule has 0 atom stereocenters. The number of methoxy groups -OCH3 is 1. The Kier molecular flexibility index (Phi) is 4.79. The highest BCUT2D eigenvalue weighted by molar-refractivity contribution is 5.83. The highest BCUT2D eigenvalue weighted by atomic mass is 16.6. The van der Waals surface area contributed by atoms with E-state index in [1.165, 1.54) is 18.7 Å². The van der Waals surface area contributed by atoms with Crippen LogP contribution in [0.1, 0.15) is 31.9 Å². The van der Waals surface area contributed by atoms with Crippen LogP contribution >= 0.6 is 0 Å². The molecule has 0 aliphatic rings. The van der Waals surface area contributed by atoms with Gasteiger partial charge in [-0.2, -0.15) is 0 Å². The zero-order valence-corrected chi connectivity index (χ0v) is 13.7. The van der Waals surface area contributed by atoms with E-state index in [9.17, 15) is 10.1 Å². The molecule has 0 spiro atoms. The van der Waals surface area contributed by atoms with E-state index in [1.54, 1.807) is 18.3 Å². The van der Waals surface area contributed by atoms with Crippen LogP contribution in [-0.4, -0.2) is 18.2 Å². The predicted molar refractivity (Wildman–Crippen MR) is 92.0 cm³/mol. The molecule has 120 valence electrons. The van der Waals surface area contributed by atoms with Crippen LogP contribution < -0.4 is 4.74 Å². The van der Waals surface area contributed by atoms with Gasteiger partial charge >= 0.3 is 0 Å². The van der Waals surface area contributed by atoms with E-state index < -0.39 is 4.92 Å². The summed E-state index contributed by atoms with van der Waals surface area (Å²) in [6.45, 7) is 6.45. The summed E-state index contributed by atoms with van der Waals surface area (Å²) in [5.41, 5.74) is 2.43. The molecular formula is C18H20N2O3. The molecule has 5 nitrogen and oxygen atoms in total. The van der Waals surface area contributed by atoms with Gasteiger partial charge < -0.3 is 4.74 Å². The molecule has 0 heterocycles. The van der Waals surface area contributed by atoms with Crippen LogP contribution in [0.15, 0.2) is 47.5 Å². The molecule has 0 aliphatic heterocycles. The van der Waals surface area contributed by atoms with E-state index in [0.717, 1.165) is 5.56 Å². The van der Waals surface area contributed by atoms with Crippen molar-refractivity contribution in [2.75, 3.05) is 7.11 Å². The lowest BCUT2D eigenvalue weighted by Crippen LogP contribution is -2.10. The summed E-state index contributed by atoms with van der Waals surface area (Å²) in [6, 6.07) is 12.6.